The Bertz CT molecular complexity index is 1850. The van der Waals surface area contributed by atoms with Crippen molar-refractivity contribution in [3.05, 3.63) is 118 Å². The number of aryl methyl sites for hydroxylation is 1. The van der Waals surface area contributed by atoms with E-state index in [1.165, 1.54) is 36.1 Å². The molecule has 9 nitrogen and oxygen atoms in total. The first-order valence-corrected chi connectivity index (χ1v) is 13.0. The SMILES string of the molecule is COc1ccc([C@@H]2C3=C(N=c4s/c(=C\c5cc(OC)c(O)c([N+](=O)[O-])c5)c(=O)n42)c2ccccc2CC3)cc1. The summed E-state index contributed by atoms with van der Waals surface area (Å²) in [5.74, 6) is 0.107. The first kappa shape index (κ1) is 24.6. The number of ether oxygens (including phenoxy) is 2. The van der Waals surface area contributed by atoms with Crippen LogP contribution in [0.15, 0.2) is 76.0 Å². The molecule has 0 radical (unpaired) electrons. The molecule has 10 heteroatoms. The van der Waals surface area contributed by atoms with Crippen molar-refractivity contribution in [2.45, 2.75) is 18.9 Å². The summed E-state index contributed by atoms with van der Waals surface area (Å²) in [5.41, 5.74) is 4.78. The highest BCUT2D eigenvalue weighted by Crippen LogP contribution is 2.41. The lowest BCUT2D eigenvalue weighted by Crippen LogP contribution is -2.38. The molecule has 1 aliphatic heterocycles. The van der Waals surface area contributed by atoms with Gasteiger partial charge in [0, 0.05) is 11.6 Å². The van der Waals surface area contributed by atoms with E-state index in [2.05, 4.69) is 12.1 Å². The molecule has 6 rings (SSSR count). The highest BCUT2D eigenvalue weighted by molar-refractivity contribution is 7.07. The molecule has 0 bridgehead atoms. The Labute approximate surface area is 226 Å². The predicted octanol–water partition coefficient (Wildman–Crippen LogP) is 3.95. The Morgan fingerprint density at radius 2 is 1.87 bits per heavy atom. The minimum absolute atomic E-state index is 0.0496. The van der Waals surface area contributed by atoms with Crippen molar-refractivity contribution in [1.29, 1.82) is 0 Å². The minimum atomic E-state index is -0.689. The third-order valence-electron chi connectivity index (χ3n) is 7.10. The molecule has 2 aliphatic rings. The van der Waals surface area contributed by atoms with Gasteiger partial charge in [0.2, 0.25) is 5.75 Å². The summed E-state index contributed by atoms with van der Waals surface area (Å²) in [5, 5.41) is 21.7. The van der Waals surface area contributed by atoms with E-state index < -0.39 is 16.4 Å². The van der Waals surface area contributed by atoms with Gasteiger partial charge in [0.15, 0.2) is 10.6 Å². The Balaban J connectivity index is 1.59. The fourth-order valence-electron chi connectivity index (χ4n) is 5.25. The molecule has 1 aliphatic carbocycles. The Hall–Kier alpha value is -4.70. The van der Waals surface area contributed by atoms with Gasteiger partial charge in [-0.2, -0.15) is 0 Å². The van der Waals surface area contributed by atoms with E-state index >= 15 is 0 Å². The second kappa shape index (κ2) is 9.55. The number of hydrogen-bond acceptors (Lipinski definition) is 8. The topological polar surface area (TPSA) is 116 Å². The lowest BCUT2D eigenvalue weighted by molar-refractivity contribution is -0.386. The number of nitro groups is 1. The number of hydrogen-bond donors (Lipinski definition) is 1. The van der Waals surface area contributed by atoms with E-state index in [9.17, 15) is 20.0 Å². The number of thiazole rings is 1. The maximum absolute atomic E-state index is 13.9. The summed E-state index contributed by atoms with van der Waals surface area (Å²) < 4.78 is 12.5. The summed E-state index contributed by atoms with van der Waals surface area (Å²) >= 11 is 1.22. The van der Waals surface area contributed by atoms with Crippen LogP contribution in [0.2, 0.25) is 0 Å². The molecule has 4 aromatic rings. The van der Waals surface area contributed by atoms with Gasteiger partial charge in [-0.25, -0.2) is 4.99 Å². The Kier molecular flexibility index (Phi) is 6.03. The summed E-state index contributed by atoms with van der Waals surface area (Å²) in [6, 6.07) is 18.2. The molecule has 2 heterocycles. The van der Waals surface area contributed by atoms with Gasteiger partial charge in [0.25, 0.3) is 5.56 Å². The van der Waals surface area contributed by atoms with E-state index in [1.54, 1.807) is 17.8 Å². The van der Waals surface area contributed by atoms with Crippen molar-refractivity contribution in [2.24, 2.45) is 4.99 Å². The molecule has 0 fully saturated rings. The molecule has 0 amide bonds. The summed E-state index contributed by atoms with van der Waals surface area (Å²) in [6.45, 7) is 0. The minimum Gasteiger partial charge on any atom is -0.500 e. The van der Waals surface area contributed by atoms with Crippen LogP contribution in [-0.2, 0) is 6.42 Å². The van der Waals surface area contributed by atoms with Crippen LogP contribution in [0, 0.1) is 10.1 Å². The molecule has 39 heavy (non-hydrogen) atoms. The van der Waals surface area contributed by atoms with Crippen LogP contribution in [0.1, 0.15) is 34.7 Å². The standard InChI is InChI=1S/C29H23N3O6S/c1-37-19-10-7-18(8-11-19)26-21-12-9-17-5-3-4-6-20(17)25(21)30-29-31(26)28(34)24(39-29)15-16-13-22(32(35)36)27(33)23(14-16)38-2/h3-8,10-11,13-15,26,33H,9,12H2,1-2H3/b24-15-/t26-/m1/s1. The van der Waals surface area contributed by atoms with Crippen LogP contribution < -0.4 is 24.4 Å². The number of nitrogens with zero attached hydrogens (tertiary/aromatic N) is 3. The van der Waals surface area contributed by atoms with Crippen LogP contribution in [0.25, 0.3) is 11.8 Å². The zero-order valence-electron chi connectivity index (χ0n) is 21.1. The Morgan fingerprint density at radius 3 is 2.59 bits per heavy atom. The highest BCUT2D eigenvalue weighted by atomic mass is 32.1. The van der Waals surface area contributed by atoms with Gasteiger partial charge in [-0.15, -0.1) is 0 Å². The second-order valence-electron chi connectivity index (χ2n) is 9.23. The molecular formula is C29H23N3O6S. The zero-order chi connectivity index (χ0) is 27.3. The number of phenolic OH excluding ortho intramolecular Hbond substituents is 1. The quantitative estimate of drug-likeness (QED) is 0.302. The molecule has 0 unspecified atom stereocenters. The van der Waals surface area contributed by atoms with Gasteiger partial charge < -0.3 is 14.6 Å². The average molecular weight is 542 g/mol. The number of fused-ring (bicyclic) bond motifs is 3. The van der Waals surface area contributed by atoms with E-state index in [4.69, 9.17) is 14.5 Å². The van der Waals surface area contributed by atoms with Crippen molar-refractivity contribution in [2.75, 3.05) is 14.2 Å². The van der Waals surface area contributed by atoms with Crippen molar-refractivity contribution in [3.8, 4) is 17.2 Å². The van der Waals surface area contributed by atoms with Crippen LogP contribution in [0.5, 0.6) is 17.2 Å². The maximum Gasteiger partial charge on any atom is 0.315 e. The third kappa shape index (κ3) is 4.09. The molecule has 0 spiro atoms. The summed E-state index contributed by atoms with van der Waals surface area (Å²) in [6.07, 6.45) is 3.18. The lowest BCUT2D eigenvalue weighted by atomic mass is 9.83. The Morgan fingerprint density at radius 1 is 1.10 bits per heavy atom. The molecule has 1 aromatic heterocycles. The number of benzene rings is 3. The molecule has 0 saturated heterocycles. The lowest BCUT2D eigenvalue weighted by Gasteiger charge is -2.30. The van der Waals surface area contributed by atoms with Crippen LogP contribution >= 0.6 is 11.3 Å². The monoisotopic (exact) mass is 541 g/mol. The maximum atomic E-state index is 13.9. The van der Waals surface area contributed by atoms with Crippen LogP contribution in [0.3, 0.4) is 0 Å². The van der Waals surface area contributed by atoms with E-state index in [0.29, 0.717) is 14.9 Å². The molecule has 1 N–H and O–H groups in total. The average Bonchev–Trinajstić information content (AvgIpc) is 3.26. The number of allylic oxidation sites excluding steroid dienone is 1. The molecule has 1 atom stereocenters. The second-order valence-corrected chi connectivity index (χ2v) is 10.2. The largest absolute Gasteiger partial charge is 0.500 e. The van der Waals surface area contributed by atoms with Gasteiger partial charge in [0.1, 0.15) is 5.75 Å². The van der Waals surface area contributed by atoms with E-state index in [-0.39, 0.29) is 17.4 Å². The van der Waals surface area contributed by atoms with Crippen LogP contribution in [-0.4, -0.2) is 28.8 Å². The first-order chi connectivity index (χ1) is 18.9. The van der Waals surface area contributed by atoms with Gasteiger partial charge in [0.05, 0.1) is 35.4 Å². The fourth-order valence-corrected chi connectivity index (χ4v) is 6.25. The predicted molar refractivity (Wildman–Crippen MR) is 147 cm³/mol. The third-order valence-corrected chi connectivity index (χ3v) is 8.08. The highest BCUT2D eigenvalue weighted by Gasteiger charge is 2.32. The summed E-state index contributed by atoms with van der Waals surface area (Å²) in [7, 11) is 2.92. The number of phenols is 1. The molecule has 3 aromatic carbocycles. The molecule has 196 valence electrons. The van der Waals surface area contributed by atoms with Crippen molar-refractivity contribution in [1.82, 2.24) is 4.57 Å². The smallest absolute Gasteiger partial charge is 0.315 e. The van der Waals surface area contributed by atoms with Gasteiger partial charge in [-0.05, 0) is 59.4 Å². The number of nitro benzene ring substituents is 1. The zero-order valence-corrected chi connectivity index (χ0v) is 21.9. The number of methoxy groups -OCH3 is 2. The number of aromatic hydroxyl groups is 1. The fraction of sp³-hybridized carbons (Fsp3) is 0.172. The number of aromatic nitrogens is 1. The normalized spacial score (nSPS) is 16.2. The van der Waals surface area contributed by atoms with E-state index in [0.717, 1.165) is 41.0 Å². The van der Waals surface area contributed by atoms with Crippen molar-refractivity contribution >= 4 is 28.8 Å². The van der Waals surface area contributed by atoms with Gasteiger partial charge >= 0.3 is 5.69 Å². The van der Waals surface area contributed by atoms with Crippen molar-refractivity contribution < 1.29 is 19.5 Å². The van der Waals surface area contributed by atoms with Gasteiger partial charge in [-0.1, -0.05) is 47.7 Å². The first-order valence-electron chi connectivity index (χ1n) is 12.2. The van der Waals surface area contributed by atoms with Crippen molar-refractivity contribution in [3.63, 3.8) is 0 Å². The molecule has 0 saturated carbocycles. The van der Waals surface area contributed by atoms with Crippen LogP contribution in [0.4, 0.5) is 5.69 Å². The summed E-state index contributed by atoms with van der Waals surface area (Å²) in [4.78, 5) is 30.2. The number of rotatable bonds is 5. The molecular weight excluding hydrogens is 518 g/mol. The van der Waals surface area contributed by atoms with Gasteiger partial charge in [-0.3, -0.25) is 19.5 Å². The van der Waals surface area contributed by atoms with E-state index in [1.807, 2.05) is 36.4 Å².